The Balaban J connectivity index is 1.51. The lowest BCUT2D eigenvalue weighted by Gasteiger charge is -2.21. The number of carbonyl (C=O) groups is 1. The number of hydrogen-bond acceptors (Lipinski definition) is 4. The molecule has 0 saturated heterocycles. The first-order valence-corrected chi connectivity index (χ1v) is 10.2. The highest BCUT2D eigenvalue weighted by molar-refractivity contribution is 7.15. The fourth-order valence-electron chi connectivity index (χ4n) is 3.50. The fourth-order valence-corrected chi connectivity index (χ4v) is 5.03. The third kappa shape index (κ3) is 3.75. The van der Waals surface area contributed by atoms with Gasteiger partial charge < -0.3 is 5.32 Å². The first-order valence-electron chi connectivity index (χ1n) is 8.99. The van der Waals surface area contributed by atoms with Gasteiger partial charge in [-0.1, -0.05) is 23.7 Å². The number of hydrogen-bond donors (Lipinski definition) is 1. The highest BCUT2D eigenvalue weighted by atomic mass is 35.5. The number of fused-ring (bicyclic) bond motifs is 1. The molecule has 0 fully saturated rings. The van der Waals surface area contributed by atoms with Gasteiger partial charge in [0.15, 0.2) is 0 Å². The Morgan fingerprint density at radius 1 is 1.30 bits per heavy atom. The van der Waals surface area contributed by atoms with Gasteiger partial charge in [0, 0.05) is 17.0 Å². The van der Waals surface area contributed by atoms with Crippen molar-refractivity contribution in [2.24, 2.45) is 5.92 Å². The average Bonchev–Trinajstić information content (AvgIpc) is 3.08. The van der Waals surface area contributed by atoms with Crippen molar-refractivity contribution in [3.8, 4) is 10.7 Å². The third-order valence-corrected chi connectivity index (χ3v) is 6.31. The molecule has 1 N–H and O–H groups in total. The Morgan fingerprint density at radius 2 is 2.15 bits per heavy atom. The molecule has 3 aromatic rings. The maximum atomic E-state index is 12.8. The number of rotatable bonds is 3. The number of carbonyl (C=O) groups excluding carboxylic acids is 1. The van der Waals surface area contributed by atoms with Gasteiger partial charge in [-0.05, 0) is 62.4 Å². The summed E-state index contributed by atoms with van der Waals surface area (Å²) in [5.74, 6) is -0.0337. The van der Waals surface area contributed by atoms with Gasteiger partial charge >= 0.3 is 0 Å². The first kappa shape index (κ1) is 18.1. The SMILES string of the molecule is Cc1cc(C)c(NC(=O)C2CCc3nc(-c4ccccn4)sc3C2)c(Cl)c1. The van der Waals surface area contributed by atoms with Crippen LogP contribution in [0.3, 0.4) is 0 Å². The molecule has 1 amide bonds. The number of halogens is 1. The lowest BCUT2D eigenvalue weighted by molar-refractivity contribution is -0.120. The fraction of sp³-hybridized carbons (Fsp3) is 0.286. The van der Waals surface area contributed by atoms with Crippen LogP contribution >= 0.6 is 22.9 Å². The Labute approximate surface area is 167 Å². The molecule has 1 aliphatic rings. The Bertz CT molecular complexity index is 977. The van der Waals surface area contributed by atoms with Gasteiger partial charge in [-0.3, -0.25) is 9.78 Å². The Kier molecular flexibility index (Phi) is 4.98. The van der Waals surface area contributed by atoms with Crippen LogP contribution in [0.25, 0.3) is 10.7 Å². The minimum absolute atomic E-state index is 0.0299. The smallest absolute Gasteiger partial charge is 0.227 e. The molecule has 6 heteroatoms. The zero-order chi connectivity index (χ0) is 19.0. The summed E-state index contributed by atoms with van der Waals surface area (Å²) in [6.45, 7) is 3.96. The molecule has 4 nitrogen and oxygen atoms in total. The van der Waals surface area contributed by atoms with E-state index in [4.69, 9.17) is 16.6 Å². The molecule has 2 aromatic heterocycles. The van der Waals surface area contributed by atoms with Crippen molar-refractivity contribution in [2.45, 2.75) is 33.1 Å². The van der Waals surface area contributed by atoms with Crippen molar-refractivity contribution >= 4 is 34.5 Å². The Morgan fingerprint density at radius 3 is 2.89 bits per heavy atom. The summed E-state index contributed by atoms with van der Waals surface area (Å²) in [5, 5.41) is 4.57. The van der Waals surface area contributed by atoms with Gasteiger partial charge in [-0.2, -0.15) is 0 Å². The number of amides is 1. The van der Waals surface area contributed by atoms with Crippen LogP contribution in [0.4, 0.5) is 5.69 Å². The second-order valence-electron chi connectivity index (χ2n) is 6.97. The third-order valence-electron chi connectivity index (χ3n) is 4.87. The quantitative estimate of drug-likeness (QED) is 0.659. The largest absolute Gasteiger partial charge is 0.324 e. The Hall–Kier alpha value is -2.24. The van der Waals surface area contributed by atoms with Crippen LogP contribution in [-0.2, 0) is 17.6 Å². The lowest BCUT2D eigenvalue weighted by Crippen LogP contribution is -2.28. The minimum Gasteiger partial charge on any atom is -0.324 e. The van der Waals surface area contributed by atoms with E-state index < -0.39 is 0 Å². The van der Waals surface area contributed by atoms with Crippen molar-refractivity contribution in [3.05, 3.63) is 63.2 Å². The van der Waals surface area contributed by atoms with E-state index in [9.17, 15) is 4.79 Å². The molecule has 2 heterocycles. The van der Waals surface area contributed by atoms with Crippen molar-refractivity contribution < 1.29 is 4.79 Å². The molecule has 0 bridgehead atoms. The standard InChI is InChI=1S/C21H20ClN3OS/c1-12-9-13(2)19(15(22)10-12)25-20(26)14-6-7-16-18(11-14)27-21(24-16)17-5-3-4-8-23-17/h3-5,8-10,14H,6-7,11H2,1-2H3,(H,25,26). The van der Waals surface area contributed by atoms with Crippen LogP contribution in [0.5, 0.6) is 0 Å². The molecule has 1 aliphatic carbocycles. The second kappa shape index (κ2) is 7.41. The van der Waals surface area contributed by atoms with E-state index in [0.717, 1.165) is 46.1 Å². The minimum atomic E-state index is -0.0636. The van der Waals surface area contributed by atoms with Gasteiger partial charge in [-0.15, -0.1) is 11.3 Å². The molecular weight excluding hydrogens is 378 g/mol. The summed E-state index contributed by atoms with van der Waals surface area (Å²) in [5.41, 5.74) is 4.79. The summed E-state index contributed by atoms with van der Waals surface area (Å²) in [6.07, 6.45) is 4.11. The van der Waals surface area contributed by atoms with E-state index in [1.807, 2.05) is 44.2 Å². The number of aryl methyl sites for hydroxylation is 3. The molecule has 4 rings (SSSR count). The molecular formula is C21H20ClN3OS. The van der Waals surface area contributed by atoms with Gasteiger partial charge in [-0.25, -0.2) is 4.98 Å². The van der Waals surface area contributed by atoms with Crippen LogP contribution in [0, 0.1) is 19.8 Å². The van der Waals surface area contributed by atoms with E-state index in [-0.39, 0.29) is 11.8 Å². The molecule has 138 valence electrons. The maximum Gasteiger partial charge on any atom is 0.227 e. The summed E-state index contributed by atoms with van der Waals surface area (Å²) < 4.78 is 0. The van der Waals surface area contributed by atoms with Crippen LogP contribution in [0.1, 0.15) is 28.1 Å². The van der Waals surface area contributed by atoms with E-state index in [2.05, 4.69) is 10.3 Å². The molecule has 0 saturated carbocycles. The zero-order valence-electron chi connectivity index (χ0n) is 15.3. The summed E-state index contributed by atoms with van der Waals surface area (Å²) >= 11 is 7.98. The van der Waals surface area contributed by atoms with Gasteiger partial charge in [0.05, 0.1) is 22.1 Å². The van der Waals surface area contributed by atoms with Crippen molar-refractivity contribution in [1.29, 1.82) is 0 Å². The number of benzene rings is 1. The van der Waals surface area contributed by atoms with Crippen molar-refractivity contribution in [3.63, 3.8) is 0 Å². The molecule has 27 heavy (non-hydrogen) atoms. The predicted molar refractivity (Wildman–Crippen MR) is 110 cm³/mol. The van der Waals surface area contributed by atoms with Crippen LogP contribution in [0.15, 0.2) is 36.5 Å². The average molecular weight is 398 g/mol. The van der Waals surface area contributed by atoms with E-state index >= 15 is 0 Å². The van der Waals surface area contributed by atoms with Gasteiger partial charge in [0.25, 0.3) is 0 Å². The normalized spacial score (nSPS) is 16.0. The molecule has 0 spiro atoms. The van der Waals surface area contributed by atoms with Crippen LogP contribution in [0.2, 0.25) is 5.02 Å². The number of pyridine rings is 1. The van der Waals surface area contributed by atoms with E-state index in [1.54, 1.807) is 17.5 Å². The predicted octanol–water partition coefficient (Wildman–Crippen LogP) is 5.22. The van der Waals surface area contributed by atoms with E-state index in [1.165, 1.54) is 4.88 Å². The molecule has 1 atom stereocenters. The van der Waals surface area contributed by atoms with Gasteiger partial charge in [0.1, 0.15) is 5.01 Å². The molecule has 1 aromatic carbocycles. The monoisotopic (exact) mass is 397 g/mol. The summed E-state index contributed by atoms with van der Waals surface area (Å²) in [7, 11) is 0. The number of aromatic nitrogens is 2. The summed E-state index contributed by atoms with van der Waals surface area (Å²) in [4.78, 5) is 23.2. The number of thiazole rings is 1. The van der Waals surface area contributed by atoms with Crippen molar-refractivity contribution in [1.82, 2.24) is 9.97 Å². The topological polar surface area (TPSA) is 54.9 Å². The summed E-state index contributed by atoms with van der Waals surface area (Å²) in [6, 6.07) is 9.74. The van der Waals surface area contributed by atoms with Crippen LogP contribution in [-0.4, -0.2) is 15.9 Å². The first-order chi connectivity index (χ1) is 13.0. The zero-order valence-corrected chi connectivity index (χ0v) is 16.8. The highest BCUT2D eigenvalue weighted by Crippen LogP contribution is 2.35. The van der Waals surface area contributed by atoms with E-state index in [0.29, 0.717) is 11.4 Å². The van der Waals surface area contributed by atoms with Crippen molar-refractivity contribution in [2.75, 3.05) is 5.32 Å². The maximum absolute atomic E-state index is 12.8. The molecule has 1 unspecified atom stereocenters. The number of nitrogens with one attached hydrogen (secondary N) is 1. The number of nitrogens with zero attached hydrogens (tertiary/aromatic N) is 2. The molecule has 0 aliphatic heterocycles. The molecule has 0 radical (unpaired) electrons. The second-order valence-corrected chi connectivity index (χ2v) is 8.46. The lowest BCUT2D eigenvalue weighted by atomic mass is 9.90. The number of anilines is 1. The van der Waals surface area contributed by atoms with Crippen LogP contribution < -0.4 is 5.32 Å². The highest BCUT2D eigenvalue weighted by Gasteiger charge is 2.28. The van der Waals surface area contributed by atoms with Gasteiger partial charge in [0.2, 0.25) is 5.91 Å².